The number of benzene rings is 3. The van der Waals surface area contributed by atoms with Crippen molar-refractivity contribution in [2.45, 2.75) is 26.2 Å². The van der Waals surface area contributed by atoms with Crippen molar-refractivity contribution in [2.75, 3.05) is 20.8 Å². The van der Waals surface area contributed by atoms with E-state index in [1.54, 1.807) is 30.3 Å². The van der Waals surface area contributed by atoms with Crippen molar-refractivity contribution in [2.24, 2.45) is 5.10 Å². The molecule has 1 amide bonds. The average molecular weight is 569 g/mol. The van der Waals surface area contributed by atoms with Crippen LogP contribution in [0.15, 0.2) is 70.2 Å². The number of amides is 1. The summed E-state index contributed by atoms with van der Waals surface area (Å²) in [5, 5.41) is 3.98. The van der Waals surface area contributed by atoms with E-state index in [0.29, 0.717) is 22.8 Å². The van der Waals surface area contributed by atoms with Gasteiger partial charge in [0.05, 0.1) is 26.0 Å². The fourth-order valence-electron chi connectivity index (χ4n) is 3.32. The molecule has 0 aliphatic heterocycles. The molecule has 0 aliphatic rings. The first kappa shape index (κ1) is 27.7. The van der Waals surface area contributed by atoms with Gasteiger partial charge in [-0.25, -0.2) is 10.2 Å². The fourth-order valence-corrected chi connectivity index (χ4v) is 3.70. The van der Waals surface area contributed by atoms with Gasteiger partial charge in [0, 0.05) is 10.0 Å². The van der Waals surface area contributed by atoms with E-state index in [2.05, 4.69) is 33.4 Å². The van der Waals surface area contributed by atoms with Crippen LogP contribution in [0.3, 0.4) is 0 Å². The van der Waals surface area contributed by atoms with E-state index in [1.807, 2.05) is 24.3 Å². The normalized spacial score (nSPS) is 10.7. The Kier molecular flexibility index (Phi) is 10.5. The second kappa shape index (κ2) is 14.0. The highest BCUT2D eigenvalue weighted by Gasteiger charge is 2.15. The molecule has 0 radical (unpaired) electrons. The summed E-state index contributed by atoms with van der Waals surface area (Å²) in [5.74, 6) is 0.767. The second-order valence-corrected chi connectivity index (χ2v) is 8.89. The van der Waals surface area contributed by atoms with Crippen LogP contribution in [0.5, 0.6) is 23.0 Å². The predicted molar refractivity (Wildman–Crippen MR) is 145 cm³/mol. The molecule has 0 heterocycles. The van der Waals surface area contributed by atoms with Crippen molar-refractivity contribution >= 4 is 34.0 Å². The quantitative estimate of drug-likeness (QED) is 0.133. The SMILES string of the molecule is CCCCc1ccc(OCC(=O)N/N=C\c2cc(Br)ccc2OC(=O)c2ccc(OC)c(OC)c2)cc1. The number of esters is 1. The highest BCUT2D eigenvalue weighted by molar-refractivity contribution is 9.10. The minimum atomic E-state index is -0.587. The van der Waals surface area contributed by atoms with Gasteiger partial charge in [-0.2, -0.15) is 5.10 Å². The Morgan fingerprint density at radius 2 is 1.68 bits per heavy atom. The maximum absolute atomic E-state index is 12.7. The molecule has 37 heavy (non-hydrogen) atoms. The van der Waals surface area contributed by atoms with Gasteiger partial charge in [-0.3, -0.25) is 4.79 Å². The number of hydrogen-bond donors (Lipinski definition) is 1. The first-order valence-corrected chi connectivity index (χ1v) is 12.5. The lowest BCUT2D eigenvalue weighted by Crippen LogP contribution is -2.24. The Morgan fingerprint density at radius 3 is 2.38 bits per heavy atom. The van der Waals surface area contributed by atoms with Crippen LogP contribution in [0.25, 0.3) is 0 Å². The Morgan fingerprint density at radius 1 is 0.946 bits per heavy atom. The Hall–Kier alpha value is -3.85. The highest BCUT2D eigenvalue weighted by Crippen LogP contribution is 2.29. The Bertz CT molecular complexity index is 1240. The van der Waals surface area contributed by atoms with Gasteiger partial charge in [-0.05, 0) is 66.9 Å². The number of nitrogens with zero attached hydrogens (tertiary/aromatic N) is 1. The van der Waals surface area contributed by atoms with Gasteiger partial charge >= 0.3 is 5.97 Å². The van der Waals surface area contributed by atoms with Crippen LogP contribution >= 0.6 is 15.9 Å². The molecule has 0 fully saturated rings. The molecule has 0 atom stereocenters. The lowest BCUT2D eigenvalue weighted by atomic mass is 10.1. The van der Waals surface area contributed by atoms with Crippen molar-refractivity contribution in [3.05, 3.63) is 81.8 Å². The number of rotatable bonds is 12. The molecule has 0 aromatic heterocycles. The van der Waals surface area contributed by atoms with E-state index < -0.39 is 11.9 Å². The van der Waals surface area contributed by atoms with Crippen molar-refractivity contribution in [1.29, 1.82) is 0 Å². The fraction of sp³-hybridized carbons (Fsp3) is 0.250. The summed E-state index contributed by atoms with van der Waals surface area (Å²) in [5.41, 5.74) is 4.42. The van der Waals surface area contributed by atoms with Crippen LogP contribution in [-0.4, -0.2) is 38.9 Å². The number of nitrogens with one attached hydrogen (secondary N) is 1. The van der Waals surface area contributed by atoms with Crippen molar-refractivity contribution in [3.63, 3.8) is 0 Å². The molecule has 3 aromatic carbocycles. The molecular weight excluding hydrogens is 540 g/mol. The molecule has 3 aromatic rings. The van der Waals surface area contributed by atoms with Crippen molar-refractivity contribution < 1.29 is 28.5 Å². The van der Waals surface area contributed by atoms with E-state index in [9.17, 15) is 9.59 Å². The first-order valence-electron chi connectivity index (χ1n) is 11.7. The van der Waals surface area contributed by atoms with Crippen molar-refractivity contribution in [1.82, 2.24) is 5.43 Å². The summed E-state index contributed by atoms with van der Waals surface area (Å²) in [4.78, 5) is 24.9. The van der Waals surface area contributed by atoms with Crippen LogP contribution in [0.4, 0.5) is 0 Å². The zero-order chi connectivity index (χ0) is 26.6. The van der Waals surface area contributed by atoms with Crippen LogP contribution in [0.2, 0.25) is 0 Å². The van der Waals surface area contributed by atoms with Crippen LogP contribution in [0.1, 0.15) is 41.3 Å². The molecule has 0 spiro atoms. The minimum absolute atomic E-state index is 0.189. The molecule has 194 valence electrons. The molecule has 9 heteroatoms. The average Bonchev–Trinajstić information content (AvgIpc) is 2.92. The molecule has 0 bridgehead atoms. The molecular formula is C28H29BrN2O6. The van der Waals surface area contributed by atoms with Gasteiger partial charge in [-0.15, -0.1) is 0 Å². The Labute approximate surface area is 224 Å². The summed E-state index contributed by atoms with van der Waals surface area (Å²) in [6, 6.07) is 17.5. The predicted octanol–water partition coefficient (Wildman–Crippen LogP) is 5.56. The number of hydrogen-bond acceptors (Lipinski definition) is 7. The maximum atomic E-state index is 12.7. The highest BCUT2D eigenvalue weighted by atomic mass is 79.9. The third-order valence-electron chi connectivity index (χ3n) is 5.30. The van der Waals surface area contributed by atoms with Crippen molar-refractivity contribution in [3.8, 4) is 23.0 Å². The minimum Gasteiger partial charge on any atom is -0.493 e. The molecule has 3 rings (SSSR count). The number of aryl methyl sites for hydroxylation is 1. The number of carbonyl (C=O) groups excluding carboxylic acids is 2. The molecule has 0 saturated carbocycles. The number of halogens is 1. The van der Waals surface area contributed by atoms with Gasteiger partial charge < -0.3 is 18.9 Å². The number of unbranched alkanes of at least 4 members (excludes halogenated alkanes) is 1. The third-order valence-corrected chi connectivity index (χ3v) is 5.79. The van der Waals surface area contributed by atoms with E-state index in [-0.39, 0.29) is 17.9 Å². The molecule has 0 unspecified atom stereocenters. The van der Waals surface area contributed by atoms with E-state index in [4.69, 9.17) is 18.9 Å². The van der Waals surface area contributed by atoms with Crippen LogP contribution in [-0.2, 0) is 11.2 Å². The monoisotopic (exact) mass is 568 g/mol. The van der Waals surface area contributed by atoms with Gasteiger partial charge in [-0.1, -0.05) is 41.4 Å². The lowest BCUT2D eigenvalue weighted by Gasteiger charge is -2.11. The molecule has 1 N–H and O–H groups in total. The van der Waals surface area contributed by atoms with Gasteiger partial charge in [0.1, 0.15) is 11.5 Å². The van der Waals surface area contributed by atoms with E-state index in [1.165, 1.54) is 32.1 Å². The summed E-state index contributed by atoms with van der Waals surface area (Å²) in [6.07, 6.45) is 4.69. The van der Waals surface area contributed by atoms with Crippen LogP contribution in [0, 0.1) is 0 Å². The number of carbonyl (C=O) groups is 2. The van der Waals surface area contributed by atoms with Gasteiger partial charge in [0.15, 0.2) is 18.1 Å². The largest absolute Gasteiger partial charge is 0.493 e. The zero-order valence-electron chi connectivity index (χ0n) is 21.0. The molecule has 0 aliphatic carbocycles. The van der Waals surface area contributed by atoms with Gasteiger partial charge in [0.2, 0.25) is 0 Å². The molecule has 0 saturated heterocycles. The summed E-state index contributed by atoms with van der Waals surface area (Å²) in [6.45, 7) is 1.97. The summed E-state index contributed by atoms with van der Waals surface area (Å²) in [7, 11) is 3.00. The third kappa shape index (κ3) is 8.35. The number of hydrazone groups is 1. The van der Waals surface area contributed by atoms with Gasteiger partial charge in [0.25, 0.3) is 5.91 Å². The second-order valence-electron chi connectivity index (χ2n) is 7.97. The standard InChI is InChI=1S/C28H29BrN2O6/c1-4-5-6-19-7-11-23(12-8-19)36-18-27(32)31-30-17-21-15-22(29)10-14-24(21)37-28(33)20-9-13-25(34-2)26(16-20)35-3/h7-17H,4-6,18H2,1-3H3,(H,31,32)/b30-17-. The number of ether oxygens (including phenoxy) is 4. The molecule has 8 nitrogen and oxygen atoms in total. The first-order chi connectivity index (χ1) is 17.9. The summed E-state index contributed by atoms with van der Waals surface area (Å²) < 4.78 is 22.3. The smallest absolute Gasteiger partial charge is 0.343 e. The lowest BCUT2D eigenvalue weighted by molar-refractivity contribution is -0.123. The topological polar surface area (TPSA) is 95.5 Å². The number of methoxy groups -OCH3 is 2. The summed E-state index contributed by atoms with van der Waals surface area (Å²) >= 11 is 3.39. The Balaban J connectivity index is 1.59. The zero-order valence-corrected chi connectivity index (χ0v) is 22.5. The van der Waals surface area contributed by atoms with Crippen LogP contribution < -0.4 is 24.4 Å². The van der Waals surface area contributed by atoms with E-state index in [0.717, 1.165) is 23.7 Å². The maximum Gasteiger partial charge on any atom is 0.343 e. The van der Waals surface area contributed by atoms with E-state index >= 15 is 0 Å².